The fourth-order valence-electron chi connectivity index (χ4n) is 2.35. The van der Waals surface area contributed by atoms with E-state index < -0.39 is 6.10 Å². The van der Waals surface area contributed by atoms with Crippen molar-refractivity contribution >= 4 is 0 Å². The third-order valence-corrected chi connectivity index (χ3v) is 4.30. The van der Waals surface area contributed by atoms with Crippen LogP contribution in [0.3, 0.4) is 0 Å². The van der Waals surface area contributed by atoms with Gasteiger partial charge >= 0.3 is 0 Å². The van der Waals surface area contributed by atoms with Gasteiger partial charge in [0.2, 0.25) is 0 Å². The lowest BCUT2D eigenvalue weighted by Gasteiger charge is -2.21. The molecule has 20 heavy (non-hydrogen) atoms. The molecule has 0 radical (unpaired) electrons. The Morgan fingerprint density at radius 3 is 2.45 bits per heavy atom. The molecule has 1 saturated carbocycles. The molecule has 0 bridgehead atoms. The molecule has 0 saturated heterocycles. The van der Waals surface area contributed by atoms with Gasteiger partial charge in [-0.15, -0.1) is 0 Å². The standard InChI is InChI=1S/C16H33NO3/c1-4-5-8-19-9-10-20-12-15(18)11-17-13-16(6-7-16)14(2)3/h14-15,17-18H,4-13H2,1-3H3. The summed E-state index contributed by atoms with van der Waals surface area (Å²) in [6, 6.07) is 0. The molecule has 1 aliphatic carbocycles. The van der Waals surface area contributed by atoms with E-state index in [0.717, 1.165) is 31.9 Å². The molecule has 120 valence electrons. The summed E-state index contributed by atoms with van der Waals surface area (Å²) in [5.74, 6) is 0.726. The van der Waals surface area contributed by atoms with Crippen LogP contribution in [0.4, 0.5) is 0 Å². The molecule has 1 rings (SSSR count). The van der Waals surface area contributed by atoms with Crippen LogP contribution in [0.25, 0.3) is 0 Å². The summed E-state index contributed by atoms with van der Waals surface area (Å²) in [4.78, 5) is 0. The molecule has 1 unspecified atom stereocenters. The number of unbranched alkanes of at least 4 members (excludes halogenated alkanes) is 1. The van der Waals surface area contributed by atoms with Crippen molar-refractivity contribution in [2.24, 2.45) is 11.3 Å². The van der Waals surface area contributed by atoms with E-state index in [1.54, 1.807) is 0 Å². The lowest BCUT2D eigenvalue weighted by Crippen LogP contribution is -2.35. The molecule has 1 aliphatic rings. The Labute approximate surface area is 124 Å². The van der Waals surface area contributed by atoms with Crippen LogP contribution in [0.15, 0.2) is 0 Å². The maximum absolute atomic E-state index is 9.82. The number of nitrogens with one attached hydrogen (secondary N) is 1. The van der Waals surface area contributed by atoms with Crippen molar-refractivity contribution in [3.05, 3.63) is 0 Å². The van der Waals surface area contributed by atoms with E-state index in [2.05, 4.69) is 26.1 Å². The van der Waals surface area contributed by atoms with E-state index >= 15 is 0 Å². The average Bonchev–Trinajstić information content (AvgIpc) is 3.19. The van der Waals surface area contributed by atoms with Gasteiger partial charge in [-0.2, -0.15) is 0 Å². The zero-order valence-corrected chi connectivity index (χ0v) is 13.5. The van der Waals surface area contributed by atoms with Gasteiger partial charge in [-0.25, -0.2) is 0 Å². The topological polar surface area (TPSA) is 50.7 Å². The van der Waals surface area contributed by atoms with Gasteiger partial charge in [-0.05, 0) is 30.6 Å². The second kappa shape index (κ2) is 9.72. The molecule has 1 atom stereocenters. The fraction of sp³-hybridized carbons (Fsp3) is 1.00. The van der Waals surface area contributed by atoms with Crippen molar-refractivity contribution in [3.63, 3.8) is 0 Å². The number of aliphatic hydroxyl groups excluding tert-OH is 1. The molecule has 0 aromatic carbocycles. The van der Waals surface area contributed by atoms with Crippen LogP contribution in [0.2, 0.25) is 0 Å². The molecule has 0 amide bonds. The summed E-state index contributed by atoms with van der Waals surface area (Å²) >= 11 is 0. The highest BCUT2D eigenvalue weighted by Crippen LogP contribution is 2.51. The van der Waals surface area contributed by atoms with Gasteiger partial charge in [0.25, 0.3) is 0 Å². The number of ether oxygens (including phenoxy) is 2. The fourth-order valence-corrected chi connectivity index (χ4v) is 2.35. The third-order valence-electron chi connectivity index (χ3n) is 4.30. The van der Waals surface area contributed by atoms with Gasteiger partial charge in [0.05, 0.1) is 25.9 Å². The zero-order valence-electron chi connectivity index (χ0n) is 13.5. The highest BCUT2D eigenvalue weighted by Gasteiger charge is 2.44. The Balaban J connectivity index is 1.89. The second-order valence-electron chi connectivity index (χ2n) is 6.34. The van der Waals surface area contributed by atoms with Crippen LogP contribution in [0.1, 0.15) is 46.5 Å². The van der Waals surface area contributed by atoms with Crippen molar-refractivity contribution in [1.82, 2.24) is 5.32 Å². The molecule has 0 aromatic heterocycles. The zero-order chi connectivity index (χ0) is 14.8. The summed E-state index contributed by atoms with van der Waals surface area (Å²) in [5, 5.41) is 13.2. The number of rotatable bonds is 13. The molecule has 0 heterocycles. The minimum atomic E-state index is -0.423. The smallest absolute Gasteiger partial charge is 0.0897 e. The highest BCUT2D eigenvalue weighted by atomic mass is 16.5. The monoisotopic (exact) mass is 287 g/mol. The van der Waals surface area contributed by atoms with Gasteiger partial charge in [-0.1, -0.05) is 27.2 Å². The molecule has 0 aromatic rings. The number of aliphatic hydroxyl groups is 1. The van der Waals surface area contributed by atoms with E-state index in [1.165, 1.54) is 12.8 Å². The molecular weight excluding hydrogens is 254 g/mol. The van der Waals surface area contributed by atoms with E-state index in [4.69, 9.17) is 9.47 Å². The van der Waals surface area contributed by atoms with Crippen LogP contribution in [-0.2, 0) is 9.47 Å². The summed E-state index contributed by atoms with van der Waals surface area (Å²) in [6.45, 7) is 10.7. The van der Waals surface area contributed by atoms with Gasteiger partial charge in [-0.3, -0.25) is 0 Å². The SMILES string of the molecule is CCCCOCCOCC(O)CNCC1(C(C)C)CC1. The molecule has 1 fully saturated rings. The third kappa shape index (κ3) is 7.02. The Morgan fingerprint density at radius 1 is 1.15 bits per heavy atom. The van der Waals surface area contributed by atoms with Crippen molar-refractivity contribution in [1.29, 1.82) is 0 Å². The average molecular weight is 287 g/mol. The number of hydrogen-bond donors (Lipinski definition) is 2. The lowest BCUT2D eigenvalue weighted by molar-refractivity contribution is 0.00351. The molecular formula is C16H33NO3. The van der Waals surface area contributed by atoms with Crippen molar-refractivity contribution in [2.75, 3.05) is 39.5 Å². The van der Waals surface area contributed by atoms with E-state index in [9.17, 15) is 5.11 Å². The quantitative estimate of drug-likeness (QED) is 0.510. The summed E-state index contributed by atoms with van der Waals surface area (Å²) in [6.07, 6.45) is 4.47. The molecule has 2 N–H and O–H groups in total. The van der Waals surface area contributed by atoms with Crippen molar-refractivity contribution in [3.8, 4) is 0 Å². The molecule has 4 nitrogen and oxygen atoms in total. The summed E-state index contributed by atoms with van der Waals surface area (Å²) in [7, 11) is 0. The first-order valence-electron chi connectivity index (χ1n) is 8.15. The van der Waals surface area contributed by atoms with E-state index in [-0.39, 0.29) is 0 Å². The van der Waals surface area contributed by atoms with Gasteiger partial charge < -0.3 is 19.9 Å². The van der Waals surface area contributed by atoms with Crippen LogP contribution >= 0.6 is 0 Å². The predicted octanol–water partition coefficient (Wildman–Crippen LogP) is 2.21. The first-order chi connectivity index (χ1) is 9.60. The molecule has 0 spiro atoms. The second-order valence-corrected chi connectivity index (χ2v) is 6.34. The maximum Gasteiger partial charge on any atom is 0.0897 e. The van der Waals surface area contributed by atoms with Crippen LogP contribution in [0.5, 0.6) is 0 Å². The van der Waals surface area contributed by atoms with Crippen molar-refractivity contribution < 1.29 is 14.6 Å². The summed E-state index contributed by atoms with van der Waals surface area (Å²) < 4.78 is 10.8. The van der Waals surface area contributed by atoms with Gasteiger partial charge in [0, 0.05) is 19.7 Å². The Bertz CT molecular complexity index is 242. The highest BCUT2D eigenvalue weighted by molar-refractivity contribution is 4.97. The minimum absolute atomic E-state index is 0.388. The van der Waals surface area contributed by atoms with Crippen molar-refractivity contribution in [2.45, 2.75) is 52.6 Å². The minimum Gasteiger partial charge on any atom is -0.389 e. The first-order valence-corrected chi connectivity index (χ1v) is 8.15. The Hall–Kier alpha value is -0.160. The van der Waals surface area contributed by atoms with Crippen LogP contribution in [0, 0.1) is 11.3 Å². The van der Waals surface area contributed by atoms with E-state index in [1.807, 2.05) is 0 Å². The largest absolute Gasteiger partial charge is 0.389 e. The maximum atomic E-state index is 9.82. The normalized spacial score (nSPS) is 18.4. The Kier molecular flexibility index (Phi) is 8.69. The molecule has 0 aliphatic heterocycles. The first kappa shape index (κ1) is 17.9. The Morgan fingerprint density at radius 2 is 1.85 bits per heavy atom. The lowest BCUT2D eigenvalue weighted by atomic mass is 9.92. The van der Waals surface area contributed by atoms with Gasteiger partial charge in [0.15, 0.2) is 0 Å². The predicted molar refractivity (Wildman–Crippen MR) is 81.9 cm³/mol. The number of hydrogen-bond acceptors (Lipinski definition) is 4. The van der Waals surface area contributed by atoms with Crippen LogP contribution in [-0.4, -0.2) is 50.7 Å². The van der Waals surface area contributed by atoms with Crippen LogP contribution < -0.4 is 5.32 Å². The van der Waals surface area contributed by atoms with E-state index in [0.29, 0.717) is 31.8 Å². The molecule has 4 heteroatoms. The summed E-state index contributed by atoms with van der Waals surface area (Å²) in [5.41, 5.74) is 0.494. The van der Waals surface area contributed by atoms with Gasteiger partial charge in [0.1, 0.15) is 0 Å².